The van der Waals surface area contributed by atoms with Gasteiger partial charge < -0.3 is 19.6 Å². The van der Waals surface area contributed by atoms with E-state index in [-0.39, 0.29) is 23.5 Å². The Morgan fingerprint density at radius 3 is 2.39 bits per heavy atom. The van der Waals surface area contributed by atoms with Gasteiger partial charge in [0.05, 0.1) is 0 Å². The van der Waals surface area contributed by atoms with E-state index in [2.05, 4.69) is 34.5 Å². The molecule has 1 aliphatic rings. The van der Waals surface area contributed by atoms with E-state index in [0.29, 0.717) is 11.7 Å². The SMILES string of the molecule is Cc1noc(C(NC(=O)N(C)CC2(N(C)C)CCC2)C(C)C)n1. The first-order chi connectivity index (χ1) is 10.7. The Morgan fingerprint density at radius 1 is 1.35 bits per heavy atom. The lowest BCUT2D eigenvalue weighted by atomic mass is 9.75. The smallest absolute Gasteiger partial charge is 0.317 e. The molecule has 7 nitrogen and oxygen atoms in total. The maximum atomic E-state index is 12.6. The minimum Gasteiger partial charge on any atom is -0.337 e. The molecular formula is C16H29N5O2. The second kappa shape index (κ2) is 6.86. The van der Waals surface area contributed by atoms with E-state index < -0.39 is 0 Å². The molecule has 0 aliphatic heterocycles. The van der Waals surface area contributed by atoms with E-state index in [4.69, 9.17) is 4.52 Å². The predicted molar refractivity (Wildman–Crippen MR) is 88.0 cm³/mol. The van der Waals surface area contributed by atoms with Crippen molar-refractivity contribution < 1.29 is 9.32 Å². The lowest BCUT2D eigenvalue weighted by Crippen LogP contribution is -2.58. The number of rotatable bonds is 6. The van der Waals surface area contributed by atoms with Crippen LogP contribution in [0.3, 0.4) is 0 Å². The lowest BCUT2D eigenvalue weighted by Gasteiger charge is -2.49. The number of nitrogens with zero attached hydrogens (tertiary/aromatic N) is 4. The molecule has 23 heavy (non-hydrogen) atoms. The van der Waals surface area contributed by atoms with Gasteiger partial charge in [0.15, 0.2) is 5.82 Å². The molecule has 1 aromatic heterocycles. The summed E-state index contributed by atoms with van der Waals surface area (Å²) in [6.07, 6.45) is 3.49. The van der Waals surface area contributed by atoms with Crippen LogP contribution in [0, 0.1) is 12.8 Å². The van der Waals surface area contributed by atoms with E-state index in [1.165, 1.54) is 6.42 Å². The normalized spacial score (nSPS) is 17.9. The number of likely N-dealkylation sites (N-methyl/N-ethyl adjacent to an activating group) is 2. The Balaban J connectivity index is 2.01. The lowest BCUT2D eigenvalue weighted by molar-refractivity contribution is 0.0357. The predicted octanol–water partition coefficient (Wildman–Crippen LogP) is 2.20. The Bertz CT molecular complexity index is 536. The molecule has 0 spiro atoms. The second-order valence-electron chi connectivity index (χ2n) is 7.18. The highest BCUT2D eigenvalue weighted by Gasteiger charge is 2.41. The van der Waals surface area contributed by atoms with Gasteiger partial charge in [-0.05, 0) is 46.2 Å². The number of nitrogens with one attached hydrogen (secondary N) is 1. The van der Waals surface area contributed by atoms with Crippen LogP contribution in [0.5, 0.6) is 0 Å². The zero-order chi connectivity index (χ0) is 17.2. The summed E-state index contributed by atoms with van der Waals surface area (Å²) in [5.41, 5.74) is 0.112. The number of hydrogen-bond acceptors (Lipinski definition) is 5. The van der Waals surface area contributed by atoms with Crippen LogP contribution in [0.15, 0.2) is 4.52 Å². The number of hydrogen-bond donors (Lipinski definition) is 1. The summed E-state index contributed by atoms with van der Waals surface area (Å²) in [5.74, 6) is 1.21. The molecule has 0 saturated heterocycles. The molecule has 1 aromatic rings. The van der Waals surface area contributed by atoms with E-state index in [1.807, 2.05) is 20.9 Å². The summed E-state index contributed by atoms with van der Waals surface area (Å²) in [4.78, 5) is 20.8. The fourth-order valence-corrected chi connectivity index (χ4v) is 3.04. The zero-order valence-corrected chi connectivity index (χ0v) is 15.1. The number of aryl methyl sites for hydroxylation is 1. The third kappa shape index (κ3) is 3.83. The van der Waals surface area contributed by atoms with Gasteiger partial charge in [-0.25, -0.2) is 4.79 Å². The van der Waals surface area contributed by atoms with E-state index in [1.54, 1.807) is 11.8 Å². The van der Waals surface area contributed by atoms with Crippen molar-refractivity contribution in [3.63, 3.8) is 0 Å². The first-order valence-electron chi connectivity index (χ1n) is 8.24. The molecule has 2 rings (SSSR count). The van der Waals surface area contributed by atoms with Crippen LogP contribution in [0.4, 0.5) is 4.79 Å². The molecule has 0 aromatic carbocycles. The molecule has 1 N–H and O–H groups in total. The van der Waals surface area contributed by atoms with Gasteiger partial charge in [0, 0.05) is 19.1 Å². The monoisotopic (exact) mass is 323 g/mol. The first-order valence-corrected chi connectivity index (χ1v) is 8.24. The maximum absolute atomic E-state index is 12.6. The maximum Gasteiger partial charge on any atom is 0.317 e. The number of urea groups is 1. The molecule has 1 unspecified atom stereocenters. The van der Waals surface area contributed by atoms with Crippen molar-refractivity contribution >= 4 is 6.03 Å². The number of aromatic nitrogens is 2. The minimum absolute atomic E-state index is 0.104. The summed E-state index contributed by atoms with van der Waals surface area (Å²) in [6, 6.07) is -0.379. The fraction of sp³-hybridized carbons (Fsp3) is 0.812. The van der Waals surface area contributed by atoms with Crippen LogP contribution >= 0.6 is 0 Å². The largest absolute Gasteiger partial charge is 0.337 e. The topological polar surface area (TPSA) is 74.5 Å². The first kappa shape index (κ1) is 17.7. The van der Waals surface area contributed by atoms with Gasteiger partial charge in [0.1, 0.15) is 6.04 Å². The van der Waals surface area contributed by atoms with Gasteiger partial charge in [0.25, 0.3) is 0 Å². The van der Waals surface area contributed by atoms with Crippen molar-refractivity contribution in [2.24, 2.45) is 5.92 Å². The van der Waals surface area contributed by atoms with Crippen molar-refractivity contribution in [1.82, 2.24) is 25.3 Å². The molecule has 1 heterocycles. The van der Waals surface area contributed by atoms with Crippen molar-refractivity contribution in [3.05, 3.63) is 11.7 Å². The molecule has 7 heteroatoms. The number of carbonyl (C=O) groups is 1. The number of carbonyl (C=O) groups excluding carboxylic acids is 1. The third-order valence-electron chi connectivity index (χ3n) is 4.87. The van der Waals surface area contributed by atoms with Crippen molar-refractivity contribution in [2.45, 2.75) is 51.6 Å². The molecule has 130 valence electrons. The van der Waals surface area contributed by atoms with E-state index >= 15 is 0 Å². The van der Waals surface area contributed by atoms with Gasteiger partial charge in [-0.3, -0.25) is 0 Å². The Labute approximate surface area is 138 Å². The summed E-state index contributed by atoms with van der Waals surface area (Å²) < 4.78 is 5.24. The summed E-state index contributed by atoms with van der Waals surface area (Å²) in [6.45, 7) is 6.55. The average Bonchev–Trinajstić information content (AvgIpc) is 2.84. The van der Waals surface area contributed by atoms with Crippen molar-refractivity contribution in [1.29, 1.82) is 0 Å². The third-order valence-corrected chi connectivity index (χ3v) is 4.87. The molecule has 1 aliphatic carbocycles. The van der Waals surface area contributed by atoms with E-state index in [0.717, 1.165) is 19.4 Å². The zero-order valence-electron chi connectivity index (χ0n) is 15.1. The van der Waals surface area contributed by atoms with Crippen LogP contribution in [0.2, 0.25) is 0 Å². The highest BCUT2D eigenvalue weighted by atomic mass is 16.5. The van der Waals surface area contributed by atoms with Crippen molar-refractivity contribution in [3.8, 4) is 0 Å². The molecule has 1 atom stereocenters. The molecule has 2 amide bonds. The molecule has 1 saturated carbocycles. The van der Waals surface area contributed by atoms with Crippen LogP contribution in [0.1, 0.15) is 50.9 Å². The fourth-order valence-electron chi connectivity index (χ4n) is 3.04. The molecular weight excluding hydrogens is 294 g/mol. The van der Waals surface area contributed by atoms with Crippen LogP contribution < -0.4 is 5.32 Å². The van der Waals surface area contributed by atoms with Gasteiger partial charge in [-0.1, -0.05) is 19.0 Å². The molecule has 0 bridgehead atoms. The highest BCUT2D eigenvalue weighted by molar-refractivity contribution is 5.74. The standard InChI is InChI=1S/C16H29N5O2/c1-11(2)13(14-17-12(3)19-23-14)18-15(22)21(6)10-16(20(4)5)8-7-9-16/h11,13H,7-10H2,1-6H3,(H,18,22). The van der Waals surface area contributed by atoms with Crippen LogP contribution in [-0.2, 0) is 0 Å². The number of amides is 2. The molecule has 0 radical (unpaired) electrons. The minimum atomic E-state index is -0.275. The Morgan fingerprint density at radius 2 is 2.00 bits per heavy atom. The summed E-state index contributed by atoms with van der Waals surface area (Å²) in [7, 11) is 6.02. The van der Waals surface area contributed by atoms with Gasteiger partial charge in [-0.2, -0.15) is 4.98 Å². The van der Waals surface area contributed by atoms with Crippen LogP contribution in [-0.4, -0.2) is 59.2 Å². The summed E-state index contributed by atoms with van der Waals surface area (Å²) >= 11 is 0. The van der Waals surface area contributed by atoms with E-state index in [9.17, 15) is 4.79 Å². The Hall–Kier alpha value is -1.63. The van der Waals surface area contributed by atoms with Crippen molar-refractivity contribution in [2.75, 3.05) is 27.7 Å². The van der Waals surface area contributed by atoms with Crippen LogP contribution in [0.25, 0.3) is 0 Å². The quantitative estimate of drug-likeness (QED) is 0.868. The average molecular weight is 323 g/mol. The summed E-state index contributed by atoms with van der Waals surface area (Å²) in [5, 5.41) is 6.85. The molecule has 1 fully saturated rings. The van der Waals surface area contributed by atoms with Gasteiger partial charge in [0.2, 0.25) is 5.89 Å². The van der Waals surface area contributed by atoms with Gasteiger partial charge in [-0.15, -0.1) is 0 Å². The second-order valence-corrected chi connectivity index (χ2v) is 7.18. The van der Waals surface area contributed by atoms with Gasteiger partial charge >= 0.3 is 6.03 Å². The Kier molecular flexibility index (Phi) is 5.29. The highest BCUT2D eigenvalue weighted by Crippen LogP contribution is 2.36.